The number of hydrogen-bond acceptors (Lipinski definition) is 10. The van der Waals surface area contributed by atoms with Crippen molar-refractivity contribution in [2.24, 2.45) is 5.73 Å². The zero-order valence-corrected chi connectivity index (χ0v) is 20.3. The van der Waals surface area contributed by atoms with E-state index in [2.05, 4.69) is 29.9 Å². The van der Waals surface area contributed by atoms with Crippen LogP contribution in [0.15, 0.2) is 0 Å². The Kier molecular flexibility index (Phi) is 12.2. The molecule has 0 amide bonds. The summed E-state index contributed by atoms with van der Waals surface area (Å²) in [6.45, 7) is 1.36. The van der Waals surface area contributed by atoms with E-state index in [0.29, 0.717) is 6.54 Å². The fourth-order valence-electron chi connectivity index (χ4n) is 3.19. The third-order valence-electron chi connectivity index (χ3n) is 4.84. The molecule has 2 aromatic rings. The number of nitrogens with two attached hydrogens (primary N) is 1. The number of halogens is 2. The molecule has 0 aliphatic rings. The van der Waals surface area contributed by atoms with Crippen molar-refractivity contribution in [3.05, 3.63) is 10.6 Å². The summed E-state index contributed by atoms with van der Waals surface area (Å²) in [6, 6.07) is 0.201. The summed E-state index contributed by atoms with van der Waals surface area (Å²) in [6.07, 6.45) is 11.8. The summed E-state index contributed by atoms with van der Waals surface area (Å²) >= 11 is 12.1. The van der Waals surface area contributed by atoms with Gasteiger partial charge in [-0.05, 0) is 42.6 Å². The average molecular weight is 487 g/mol. The van der Waals surface area contributed by atoms with Crippen LogP contribution in [0.5, 0.6) is 12.0 Å². The summed E-state index contributed by atoms with van der Waals surface area (Å²) in [5, 5.41) is 0.0193. The molecule has 0 atom stereocenters. The van der Waals surface area contributed by atoms with Crippen molar-refractivity contribution in [3.63, 3.8) is 0 Å². The van der Waals surface area contributed by atoms with Crippen LogP contribution < -0.4 is 20.1 Å². The molecule has 32 heavy (non-hydrogen) atoms. The average Bonchev–Trinajstić information content (AvgIpc) is 2.78. The van der Waals surface area contributed by atoms with Gasteiger partial charge in [-0.15, -0.1) is 0 Å². The minimum Gasteiger partial charge on any atom is -0.467 e. The summed E-state index contributed by atoms with van der Waals surface area (Å²) in [5.74, 6) is 0.535. The Hall–Kier alpha value is -2.04. The first-order valence-corrected chi connectivity index (χ1v) is 11.7. The third kappa shape index (κ3) is 9.22. The minimum absolute atomic E-state index is 0.00966. The molecule has 0 aliphatic carbocycles. The topological polar surface area (TPSA) is 125 Å². The summed E-state index contributed by atoms with van der Waals surface area (Å²) in [5.41, 5.74) is 5.53. The van der Waals surface area contributed by atoms with Gasteiger partial charge in [0.15, 0.2) is 0 Å². The molecule has 0 fully saturated rings. The third-order valence-corrected chi connectivity index (χ3v) is 5.17. The first-order chi connectivity index (χ1) is 15.6. The Morgan fingerprint density at radius 2 is 1.03 bits per heavy atom. The molecule has 0 bridgehead atoms. The van der Waals surface area contributed by atoms with Crippen LogP contribution in [0, 0.1) is 0 Å². The van der Waals surface area contributed by atoms with Gasteiger partial charge in [0.1, 0.15) is 0 Å². The first kappa shape index (κ1) is 26.2. The quantitative estimate of drug-likeness (QED) is 0.341. The summed E-state index contributed by atoms with van der Waals surface area (Å²) < 4.78 is 10.2. The number of ether oxygens (including phenoxy) is 2. The van der Waals surface area contributed by atoms with E-state index in [9.17, 15) is 0 Å². The van der Waals surface area contributed by atoms with Gasteiger partial charge in [0.25, 0.3) is 0 Å². The first-order valence-electron chi connectivity index (χ1n) is 11.0. The van der Waals surface area contributed by atoms with E-state index < -0.39 is 0 Å². The van der Waals surface area contributed by atoms with Gasteiger partial charge in [-0.3, -0.25) is 4.90 Å². The number of unbranched alkanes of at least 4 members (excludes halogenated alkanes) is 9. The van der Waals surface area contributed by atoms with Crippen LogP contribution in [0.25, 0.3) is 0 Å². The number of rotatable bonds is 16. The largest absolute Gasteiger partial charge is 0.467 e. The molecule has 2 aromatic heterocycles. The molecule has 2 rings (SSSR count). The van der Waals surface area contributed by atoms with E-state index in [4.69, 9.17) is 38.4 Å². The van der Waals surface area contributed by atoms with Crippen molar-refractivity contribution in [1.82, 2.24) is 29.9 Å². The Bertz CT molecular complexity index is 762. The Morgan fingerprint density at radius 3 is 1.44 bits per heavy atom. The number of aromatic nitrogens is 6. The molecule has 12 heteroatoms. The molecule has 2 heterocycles. The Balaban J connectivity index is 1.94. The second kappa shape index (κ2) is 14.9. The van der Waals surface area contributed by atoms with Gasteiger partial charge in [0, 0.05) is 6.54 Å². The molecule has 0 spiro atoms. The standard InChI is InChI=1S/C20H32Cl2N8O2/c1-31-19-26-15(21)24-17(28-19)30(18-25-16(22)27-20(29-18)32-2)14-12-10-8-6-4-3-5-7-9-11-13-23/h3-14,23H2,1-2H3. The molecule has 10 nitrogen and oxygen atoms in total. The molecule has 0 aromatic carbocycles. The molecule has 2 N–H and O–H groups in total. The van der Waals surface area contributed by atoms with Crippen LogP contribution in [-0.4, -0.2) is 57.2 Å². The van der Waals surface area contributed by atoms with Gasteiger partial charge < -0.3 is 15.2 Å². The van der Waals surface area contributed by atoms with E-state index in [1.165, 1.54) is 52.7 Å². The maximum atomic E-state index is 6.04. The molecular formula is C20H32Cl2N8O2. The predicted molar refractivity (Wildman–Crippen MR) is 125 cm³/mol. The van der Waals surface area contributed by atoms with Crippen LogP contribution in [0.3, 0.4) is 0 Å². The maximum absolute atomic E-state index is 6.04. The van der Waals surface area contributed by atoms with Gasteiger partial charge in [-0.2, -0.15) is 29.9 Å². The lowest BCUT2D eigenvalue weighted by atomic mass is 10.1. The maximum Gasteiger partial charge on any atom is 0.322 e. The van der Waals surface area contributed by atoms with Gasteiger partial charge >= 0.3 is 12.0 Å². The normalized spacial score (nSPS) is 10.9. The highest BCUT2D eigenvalue weighted by molar-refractivity contribution is 6.28. The molecule has 178 valence electrons. The zero-order chi connectivity index (χ0) is 23.2. The van der Waals surface area contributed by atoms with Crippen LogP contribution in [0.1, 0.15) is 64.2 Å². The lowest BCUT2D eigenvalue weighted by molar-refractivity contribution is 0.376. The highest BCUT2D eigenvalue weighted by atomic mass is 35.5. The predicted octanol–water partition coefficient (Wildman–Crippen LogP) is 4.38. The fraction of sp³-hybridized carbons (Fsp3) is 0.700. The monoisotopic (exact) mass is 486 g/mol. The summed E-state index contributed by atoms with van der Waals surface area (Å²) in [4.78, 5) is 26.6. The molecule has 0 saturated heterocycles. The van der Waals surface area contributed by atoms with Crippen LogP contribution in [0.2, 0.25) is 10.6 Å². The van der Waals surface area contributed by atoms with Crippen molar-refractivity contribution in [2.75, 3.05) is 32.2 Å². The van der Waals surface area contributed by atoms with Crippen molar-refractivity contribution in [3.8, 4) is 12.0 Å². The van der Waals surface area contributed by atoms with E-state index >= 15 is 0 Å². The van der Waals surface area contributed by atoms with E-state index in [1.54, 1.807) is 4.90 Å². The minimum atomic E-state index is 0.00966. The van der Waals surface area contributed by atoms with Crippen LogP contribution >= 0.6 is 23.2 Å². The van der Waals surface area contributed by atoms with E-state index in [-0.39, 0.29) is 34.5 Å². The van der Waals surface area contributed by atoms with Gasteiger partial charge in [0.05, 0.1) is 14.2 Å². The van der Waals surface area contributed by atoms with Crippen LogP contribution in [-0.2, 0) is 0 Å². The molecule has 0 aliphatic heterocycles. The fourth-order valence-corrected chi connectivity index (χ4v) is 3.48. The molecule has 0 radical (unpaired) electrons. The lowest BCUT2D eigenvalue weighted by Gasteiger charge is -2.21. The van der Waals surface area contributed by atoms with Crippen molar-refractivity contribution in [2.45, 2.75) is 64.2 Å². The van der Waals surface area contributed by atoms with Crippen molar-refractivity contribution >= 4 is 35.1 Å². The Morgan fingerprint density at radius 1 is 0.625 bits per heavy atom. The van der Waals surface area contributed by atoms with Gasteiger partial charge in [0.2, 0.25) is 22.5 Å². The number of hydrogen-bond donors (Lipinski definition) is 1. The van der Waals surface area contributed by atoms with E-state index in [1.807, 2.05) is 0 Å². The zero-order valence-electron chi connectivity index (χ0n) is 18.8. The van der Waals surface area contributed by atoms with E-state index in [0.717, 1.165) is 32.2 Å². The molecule has 0 saturated carbocycles. The highest BCUT2D eigenvalue weighted by Crippen LogP contribution is 2.24. The second-order valence-corrected chi connectivity index (χ2v) is 7.93. The summed E-state index contributed by atoms with van der Waals surface area (Å²) in [7, 11) is 2.92. The second-order valence-electron chi connectivity index (χ2n) is 7.26. The molecular weight excluding hydrogens is 455 g/mol. The number of methoxy groups -OCH3 is 2. The number of anilines is 2. The van der Waals surface area contributed by atoms with Crippen molar-refractivity contribution < 1.29 is 9.47 Å². The lowest BCUT2D eigenvalue weighted by Crippen LogP contribution is -2.24. The smallest absolute Gasteiger partial charge is 0.322 e. The SMILES string of the molecule is COc1nc(Cl)nc(N(CCCCCCCCCCCCN)c2nc(Cl)nc(OC)n2)n1. The van der Waals surface area contributed by atoms with Crippen molar-refractivity contribution in [1.29, 1.82) is 0 Å². The van der Waals surface area contributed by atoms with Gasteiger partial charge in [-0.1, -0.05) is 51.4 Å². The highest BCUT2D eigenvalue weighted by Gasteiger charge is 2.20. The van der Waals surface area contributed by atoms with Gasteiger partial charge in [-0.25, -0.2) is 0 Å². The number of nitrogens with zero attached hydrogens (tertiary/aromatic N) is 7. The molecule has 0 unspecified atom stereocenters. The van der Waals surface area contributed by atoms with Crippen LogP contribution in [0.4, 0.5) is 11.9 Å². The Labute approximate surface area is 199 Å².